The third-order valence-corrected chi connectivity index (χ3v) is 5.58. The molecule has 5 nitrogen and oxygen atoms in total. The Morgan fingerprint density at radius 2 is 1.78 bits per heavy atom. The quantitative estimate of drug-likeness (QED) is 0.690. The fraction of sp³-hybridized carbons (Fsp3) is 0.286. The van der Waals surface area contributed by atoms with Crippen molar-refractivity contribution in [1.82, 2.24) is 9.47 Å². The molecule has 27 heavy (non-hydrogen) atoms. The minimum absolute atomic E-state index is 0.0458. The SMILES string of the molecule is COc1ccccc1N1CCN(C(=O)c2cc3c(Cl)cccc3n2C)CC1. The number of rotatable bonds is 3. The first-order valence-corrected chi connectivity index (χ1v) is 9.39. The lowest BCUT2D eigenvalue weighted by atomic mass is 10.2. The summed E-state index contributed by atoms with van der Waals surface area (Å²) in [5.74, 6) is 0.907. The maximum absolute atomic E-state index is 13.1. The molecular weight excluding hydrogens is 362 g/mol. The van der Waals surface area contributed by atoms with Gasteiger partial charge in [0.15, 0.2) is 0 Å². The summed E-state index contributed by atoms with van der Waals surface area (Å²) in [5.41, 5.74) is 2.71. The second-order valence-corrected chi connectivity index (χ2v) is 7.12. The third kappa shape index (κ3) is 3.12. The lowest BCUT2D eigenvalue weighted by Crippen LogP contribution is -2.49. The molecule has 1 saturated heterocycles. The Morgan fingerprint density at radius 1 is 1.04 bits per heavy atom. The highest BCUT2D eigenvalue weighted by Crippen LogP contribution is 2.30. The smallest absolute Gasteiger partial charge is 0.270 e. The van der Waals surface area contributed by atoms with Gasteiger partial charge < -0.3 is 19.1 Å². The van der Waals surface area contributed by atoms with Crippen molar-refractivity contribution in [1.29, 1.82) is 0 Å². The van der Waals surface area contributed by atoms with Crippen LogP contribution in [0.3, 0.4) is 0 Å². The Kier molecular flexibility index (Phi) is 4.70. The van der Waals surface area contributed by atoms with Crippen LogP contribution in [-0.2, 0) is 7.05 Å². The Morgan fingerprint density at radius 3 is 2.48 bits per heavy atom. The molecule has 0 radical (unpaired) electrons. The van der Waals surface area contributed by atoms with Crippen molar-refractivity contribution in [2.24, 2.45) is 7.05 Å². The molecule has 140 valence electrons. The Labute approximate surface area is 163 Å². The number of methoxy groups -OCH3 is 1. The molecule has 1 fully saturated rings. The van der Waals surface area contributed by atoms with E-state index in [0.29, 0.717) is 23.8 Å². The molecule has 0 bridgehead atoms. The van der Waals surface area contributed by atoms with E-state index >= 15 is 0 Å². The normalized spacial score (nSPS) is 14.6. The summed E-state index contributed by atoms with van der Waals surface area (Å²) >= 11 is 6.29. The van der Waals surface area contributed by atoms with Gasteiger partial charge in [-0.1, -0.05) is 29.8 Å². The number of fused-ring (bicyclic) bond motifs is 1. The molecule has 2 aromatic carbocycles. The topological polar surface area (TPSA) is 37.7 Å². The van der Waals surface area contributed by atoms with Crippen LogP contribution in [0.4, 0.5) is 5.69 Å². The van der Waals surface area contributed by atoms with Crippen LogP contribution >= 0.6 is 11.6 Å². The van der Waals surface area contributed by atoms with Crippen molar-refractivity contribution in [3.8, 4) is 5.75 Å². The van der Waals surface area contributed by atoms with Crippen LogP contribution in [0, 0.1) is 0 Å². The number of halogens is 1. The number of aromatic nitrogens is 1. The van der Waals surface area contributed by atoms with E-state index in [1.54, 1.807) is 7.11 Å². The molecule has 0 aliphatic carbocycles. The zero-order valence-corrected chi connectivity index (χ0v) is 16.2. The second kappa shape index (κ2) is 7.16. The highest BCUT2D eigenvalue weighted by atomic mass is 35.5. The first kappa shape index (κ1) is 17.7. The molecule has 1 aliphatic heterocycles. The number of carbonyl (C=O) groups is 1. The van der Waals surface area contributed by atoms with Crippen LogP contribution < -0.4 is 9.64 Å². The van der Waals surface area contributed by atoms with Crippen molar-refractivity contribution >= 4 is 34.1 Å². The molecule has 2 heterocycles. The molecule has 0 N–H and O–H groups in total. The van der Waals surface area contributed by atoms with Gasteiger partial charge in [-0.15, -0.1) is 0 Å². The van der Waals surface area contributed by atoms with Crippen molar-refractivity contribution in [2.45, 2.75) is 0 Å². The fourth-order valence-corrected chi connectivity index (χ4v) is 3.96. The Bertz CT molecular complexity index is 990. The maximum Gasteiger partial charge on any atom is 0.270 e. The predicted molar refractivity (Wildman–Crippen MR) is 109 cm³/mol. The van der Waals surface area contributed by atoms with E-state index in [1.807, 2.05) is 59.0 Å². The molecule has 0 unspecified atom stereocenters. The zero-order valence-electron chi connectivity index (χ0n) is 15.5. The van der Waals surface area contributed by atoms with Crippen molar-refractivity contribution in [3.63, 3.8) is 0 Å². The van der Waals surface area contributed by atoms with E-state index in [4.69, 9.17) is 16.3 Å². The summed E-state index contributed by atoms with van der Waals surface area (Å²) in [6.07, 6.45) is 0. The highest BCUT2D eigenvalue weighted by Gasteiger charge is 2.26. The van der Waals surface area contributed by atoms with Crippen LogP contribution in [0.5, 0.6) is 5.75 Å². The lowest BCUT2D eigenvalue weighted by Gasteiger charge is -2.36. The summed E-state index contributed by atoms with van der Waals surface area (Å²) in [7, 11) is 3.60. The summed E-state index contributed by atoms with van der Waals surface area (Å²) in [4.78, 5) is 17.3. The minimum Gasteiger partial charge on any atom is -0.495 e. The standard InChI is InChI=1S/C21H22ClN3O2/c1-23-17-8-5-6-16(22)15(17)14-19(23)21(26)25-12-10-24(11-13-25)18-7-3-4-9-20(18)27-2/h3-9,14H,10-13H2,1-2H3. The number of hydrogen-bond donors (Lipinski definition) is 0. The summed E-state index contributed by atoms with van der Waals surface area (Å²) in [5, 5.41) is 1.58. The molecule has 1 amide bonds. The summed E-state index contributed by atoms with van der Waals surface area (Å²) in [6.45, 7) is 2.89. The molecule has 1 aromatic heterocycles. The van der Waals surface area contributed by atoms with Crippen molar-refractivity contribution < 1.29 is 9.53 Å². The molecule has 0 atom stereocenters. The van der Waals surface area contributed by atoms with Gasteiger partial charge in [-0.3, -0.25) is 4.79 Å². The number of nitrogens with zero attached hydrogens (tertiary/aromatic N) is 3. The fourth-order valence-electron chi connectivity index (χ4n) is 3.73. The van der Waals surface area contributed by atoms with Crippen LogP contribution in [0.1, 0.15) is 10.5 Å². The molecule has 0 saturated carbocycles. The second-order valence-electron chi connectivity index (χ2n) is 6.71. The average molecular weight is 384 g/mol. The number of amides is 1. The lowest BCUT2D eigenvalue weighted by molar-refractivity contribution is 0.0737. The van der Waals surface area contributed by atoms with Gasteiger partial charge >= 0.3 is 0 Å². The minimum atomic E-state index is 0.0458. The summed E-state index contributed by atoms with van der Waals surface area (Å²) in [6, 6.07) is 15.6. The number of aryl methyl sites for hydroxylation is 1. The Hall–Kier alpha value is -2.66. The van der Waals surface area contributed by atoms with Gasteiger partial charge in [0, 0.05) is 49.2 Å². The van der Waals surface area contributed by atoms with Crippen LogP contribution in [0.25, 0.3) is 10.9 Å². The van der Waals surface area contributed by atoms with Gasteiger partial charge in [0.1, 0.15) is 11.4 Å². The summed E-state index contributed by atoms with van der Waals surface area (Å²) < 4.78 is 7.39. The third-order valence-electron chi connectivity index (χ3n) is 5.25. The van der Waals surface area contributed by atoms with Crippen LogP contribution in [0.2, 0.25) is 5.02 Å². The number of benzene rings is 2. The van der Waals surface area contributed by atoms with Crippen LogP contribution in [-0.4, -0.2) is 48.7 Å². The van der Waals surface area contributed by atoms with Gasteiger partial charge in [0.25, 0.3) is 5.91 Å². The zero-order chi connectivity index (χ0) is 19.0. The Balaban J connectivity index is 1.52. The van der Waals surface area contributed by atoms with Gasteiger partial charge in [-0.2, -0.15) is 0 Å². The van der Waals surface area contributed by atoms with Crippen molar-refractivity contribution in [3.05, 3.63) is 59.2 Å². The molecular formula is C21H22ClN3O2. The number of piperazine rings is 1. The maximum atomic E-state index is 13.1. The van der Waals surface area contributed by atoms with E-state index in [-0.39, 0.29) is 5.91 Å². The monoisotopic (exact) mass is 383 g/mol. The molecule has 3 aromatic rings. The van der Waals surface area contributed by atoms with Crippen LogP contribution in [0.15, 0.2) is 48.5 Å². The van der Waals surface area contributed by atoms with Gasteiger partial charge in [0.05, 0.1) is 12.8 Å². The first-order valence-electron chi connectivity index (χ1n) is 9.01. The van der Waals surface area contributed by atoms with E-state index in [0.717, 1.165) is 35.4 Å². The molecule has 0 spiro atoms. The van der Waals surface area contributed by atoms with E-state index in [1.165, 1.54) is 0 Å². The number of hydrogen-bond acceptors (Lipinski definition) is 3. The predicted octanol–water partition coefficient (Wildman–Crippen LogP) is 3.80. The van der Waals surface area contributed by atoms with Gasteiger partial charge in [0.2, 0.25) is 0 Å². The molecule has 4 rings (SSSR count). The van der Waals surface area contributed by atoms with E-state index in [2.05, 4.69) is 11.0 Å². The molecule has 6 heteroatoms. The van der Waals surface area contributed by atoms with E-state index < -0.39 is 0 Å². The number of para-hydroxylation sites is 2. The number of carbonyl (C=O) groups excluding carboxylic acids is 1. The van der Waals surface area contributed by atoms with Gasteiger partial charge in [-0.25, -0.2) is 0 Å². The number of anilines is 1. The number of ether oxygens (including phenoxy) is 1. The van der Waals surface area contributed by atoms with Gasteiger partial charge in [-0.05, 0) is 30.3 Å². The highest BCUT2D eigenvalue weighted by molar-refractivity contribution is 6.35. The molecule has 1 aliphatic rings. The largest absolute Gasteiger partial charge is 0.495 e. The average Bonchev–Trinajstić information content (AvgIpc) is 3.05. The van der Waals surface area contributed by atoms with Crippen molar-refractivity contribution in [2.75, 3.05) is 38.2 Å². The first-order chi connectivity index (χ1) is 13.1. The van der Waals surface area contributed by atoms with E-state index in [9.17, 15) is 4.79 Å².